The molecular weight excluding hydrogens is 283 g/mol. The van der Waals surface area contributed by atoms with Gasteiger partial charge < -0.3 is 15.1 Å². The van der Waals surface area contributed by atoms with Crippen LogP contribution in [0, 0.1) is 11.7 Å². The fourth-order valence-electron chi connectivity index (χ4n) is 3.05. The van der Waals surface area contributed by atoms with Gasteiger partial charge in [-0.1, -0.05) is 25.1 Å². The summed E-state index contributed by atoms with van der Waals surface area (Å²) in [6.07, 6.45) is 0.747. The van der Waals surface area contributed by atoms with Crippen molar-refractivity contribution in [3.63, 3.8) is 0 Å². The van der Waals surface area contributed by atoms with Crippen molar-refractivity contribution < 1.29 is 13.6 Å². The predicted molar refractivity (Wildman–Crippen MR) is 80.6 cm³/mol. The molecule has 3 rings (SSSR count). The van der Waals surface area contributed by atoms with E-state index in [0.29, 0.717) is 23.8 Å². The number of carbonyl (C=O) groups is 1. The number of carbonyl (C=O) groups excluding carboxylic acids is 1. The zero-order chi connectivity index (χ0) is 15.7. The summed E-state index contributed by atoms with van der Waals surface area (Å²) in [7, 11) is 0. The molecule has 1 amide bonds. The molecule has 5 heteroatoms. The van der Waals surface area contributed by atoms with Gasteiger partial charge in [-0.25, -0.2) is 4.39 Å². The van der Waals surface area contributed by atoms with Crippen LogP contribution in [-0.2, 0) is 6.54 Å². The zero-order valence-corrected chi connectivity index (χ0v) is 12.5. The fraction of sp³-hybridized carbons (Fsp3) is 0.353. The highest BCUT2D eigenvalue weighted by Gasteiger charge is 2.36. The van der Waals surface area contributed by atoms with Gasteiger partial charge in [0.25, 0.3) is 5.91 Å². The Morgan fingerprint density at radius 1 is 1.36 bits per heavy atom. The number of hydrogen-bond donors (Lipinski definition) is 1. The van der Waals surface area contributed by atoms with E-state index in [1.807, 2.05) is 0 Å². The predicted octanol–water partition coefficient (Wildman–Crippen LogP) is 3.10. The quantitative estimate of drug-likeness (QED) is 0.947. The van der Waals surface area contributed by atoms with Crippen LogP contribution in [0.4, 0.5) is 4.39 Å². The second-order valence-corrected chi connectivity index (χ2v) is 5.81. The molecule has 2 aromatic rings. The molecule has 4 nitrogen and oxygen atoms in total. The SMILES string of the molecule is C[C@@H]1C[C@@H](c2ccccc2F)N(C(=O)c2ccc(CN)o2)C1. The van der Waals surface area contributed by atoms with Crippen LogP contribution in [0.25, 0.3) is 0 Å². The number of nitrogens with two attached hydrogens (primary N) is 1. The molecule has 2 N–H and O–H groups in total. The van der Waals surface area contributed by atoms with Crippen LogP contribution in [0.1, 0.15) is 41.3 Å². The lowest BCUT2D eigenvalue weighted by Gasteiger charge is -2.24. The monoisotopic (exact) mass is 302 g/mol. The summed E-state index contributed by atoms with van der Waals surface area (Å²) >= 11 is 0. The van der Waals surface area contributed by atoms with Crippen LogP contribution < -0.4 is 5.73 Å². The minimum atomic E-state index is -0.276. The number of halogens is 1. The largest absolute Gasteiger partial charge is 0.455 e. The summed E-state index contributed by atoms with van der Waals surface area (Å²) in [6.45, 7) is 2.91. The number of likely N-dealkylation sites (tertiary alicyclic amines) is 1. The smallest absolute Gasteiger partial charge is 0.290 e. The normalized spacial score (nSPS) is 21.3. The standard InChI is InChI=1S/C17H19FN2O2/c1-11-8-15(13-4-2-3-5-14(13)18)20(10-11)17(21)16-7-6-12(9-19)22-16/h2-7,11,15H,8-10,19H2,1H3/t11-,15+/m1/s1. The summed E-state index contributed by atoms with van der Waals surface area (Å²) in [5, 5.41) is 0. The molecule has 2 atom stereocenters. The number of hydrogen-bond acceptors (Lipinski definition) is 3. The molecule has 0 spiro atoms. The van der Waals surface area contributed by atoms with Gasteiger partial charge in [-0.2, -0.15) is 0 Å². The maximum Gasteiger partial charge on any atom is 0.290 e. The van der Waals surface area contributed by atoms with E-state index in [4.69, 9.17) is 10.2 Å². The highest BCUT2D eigenvalue weighted by atomic mass is 19.1. The van der Waals surface area contributed by atoms with E-state index in [0.717, 1.165) is 6.42 Å². The molecule has 1 aromatic heterocycles. The van der Waals surface area contributed by atoms with Crippen molar-refractivity contribution in [3.8, 4) is 0 Å². The first-order valence-corrected chi connectivity index (χ1v) is 7.44. The van der Waals surface area contributed by atoms with Crippen molar-refractivity contribution in [1.29, 1.82) is 0 Å². The first-order valence-electron chi connectivity index (χ1n) is 7.44. The van der Waals surface area contributed by atoms with Crippen LogP contribution in [0.15, 0.2) is 40.8 Å². The average molecular weight is 302 g/mol. The average Bonchev–Trinajstić information content (AvgIpc) is 3.13. The third-order valence-electron chi connectivity index (χ3n) is 4.11. The molecule has 1 fully saturated rings. The topological polar surface area (TPSA) is 59.5 Å². The van der Waals surface area contributed by atoms with Gasteiger partial charge in [0.1, 0.15) is 11.6 Å². The Kier molecular flexibility index (Phi) is 3.98. The van der Waals surface area contributed by atoms with Gasteiger partial charge >= 0.3 is 0 Å². The van der Waals surface area contributed by atoms with Gasteiger partial charge in [0.2, 0.25) is 0 Å². The maximum atomic E-state index is 14.1. The minimum Gasteiger partial charge on any atom is -0.455 e. The second-order valence-electron chi connectivity index (χ2n) is 5.81. The summed E-state index contributed by atoms with van der Waals surface area (Å²) < 4.78 is 19.5. The Morgan fingerprint density at radius 3 is 2.82 bits per heavy atom. The molecule has 0 radical (unpaired) electrons. The van der Waals surface area contributed by atoms with Crippen LogP contribution in [0.5, 0.6) is 0 Å². The molecule has 0 saturated carbocycles. The lowest BCUT2D eigenvalue weighted by Crippen LogP contribution is -2.31. The Morgan fingerprint density at radius 2 is 2.14 bits per heavy atom. The summed E-state index contributed by atoms with van der Waals surface area (Å²) in [5.74, 6) is 0.658. The molecule has 116 valence electrons. The number of furan rings is 1. The molecule has 0 unspecified atom stereocenters. The number of nitrogens with zero attached hydrogens (tertiary/aromatic N) is 1. The van der Waals surface area contributed by atoms with Crippen molar-refractivity contribution in [2.75, 3.05) is 6.54 Å². The third-order valence-corrected chi connectivity index (χ3v) is 4.11. The summed E-state index contributed by atoms with van der Waals surface area (Å²) in [6, 6.07) is 9.70. The van der Waals surface area contributed by atoms with Gasteiger partial charge in [0.15, 0.2) is 5.76 Å². The van der Waals surface area contributed by atoms with Crippen molar-refractivity contribution in [2.45, 2.75) is 25.9 Å². The Hall–Kier alpha value is -2.14. The molecular formula is C17H19FN2O2. The molecule has 0 bridgehead atoms. The Bertz CT molecular complexity index is 683. The second kappa shape index (κ2) is 5.93. The number of benzene rings is 1. The number of amides is 1. The summed E-state index contributed by atoms with van der Waals surface area (Å²) in [4.78, 5) is 14.4. The first-order chi connectivity index (χ1) is 10.6. The molecule has 0 aliphatic carbocycles. The van der Waals surface area contributed by atoms with E-state index in [9.17, 15) is 9.18 Å². The van der Waals surface area contributed by atoms with Gasteiger partial charge in [0.05, 0.1) is 12.6 Å². The minimum absolute atomic E-state index is 0.211. The van der Waals surface area contributed by atoms with Crippen LogP contribution in [0.3, 0.4) is 0 Å². The molecule has 1 aliphatic rings. The fourth-order valence-corrected chi connectivity index (χ4v) is 3.05. The van der Waals surface area contributed by atoms with Crippen LogP contribution >= 0.6 is 0 Å². The van der Waals surface area contributed by atoms with E-state index >= 15 is 0 Å². The maximum absolute atomic E-state index is 14.1. The molecule has 22 heavy (non-hydrogen) atoms. The van der Waals surface area contributed by atoms with E-state index in [1.54, 1.807) is 35.2 Å². The molecule has 1 aromatic carbocycles. The van der Waals surface area contributed by atoms with Crippen molar-refractivity contribution >= 4 is 5.91 Å². The Labute approximate surface area is 128 Å². The van der Waals surface area contributed by atoms with Gasteiger partial charge in [-0.3, -0.25) is 4.79 Å². The zero-order valence-electron chi connectivity index (χ0n) is 12.5. The van der Waals surface area contributed by atoms with E-state index in [-0.39, 0.29) is 30.1 Å². The van der Waals surface area contributed by atoms with Gasteiger partial charge in [-0.15, -0.1) is 0 Å². The summed E-state index contributed by atoms with van der Waals surface area (Å²) in [5.41, 5.74) is 6.07. The third kappa shape index (κ3) is 2.64. The first kappa shape index (κ1) is 14.8. The lowest BCUT2D eigenvalue weighted by molar-refractivity contribution is 0.0696. The van der Waals surface area contributed by atoms with E-state index in [1.165, 1.54) is 6.07 Å². The van der Waals surface area contributed by atoms with Gasteiger partial charge in [0, 0.05) is 12.1 Å². The van der Waals surface area contributed by atoms with Crippen molar-refractivity contribution in [1.82, 2.24) is 4.90 Å². The van der Waals surface area contributed by atoms with Gasteiger partial charge in [-0.05, 0) is 30.5 Å². The number of rotatable bonds is 3. The van der Waals surface area contributed by atoms with E-state index < -0.39 is 0 Å². The lowest BCUT2D eigenvalue weighted by atomic mass is 10.0. The molecule has 1 aliphatic heterocycles. The van der Waals surface area contributed by atoms with Crippen molar-refractivity contribution in [2.24, 2.45) is 11.7 Å². The van der Waals surface area contributed by atoms with Crippen molar-refractivity contribution in [3.05, 3.63) is 59.3 Å². The van der Waals surface area contributed by atoms with Crippen LogP contribution in [0.2, 0.25) is 0 Å². The molecule has 1 saturated heterocycles. The Balaban J connectivity index is 1.90. The highest BCUT2D eigenvalue weighted by Crippen LogP contribution is 2.37. The molecule has 2 heterocycles. The van der Waals surface area contributed by atoms with E-state index in [2.05, 4.69) is 6.92 Å². The van der Waals surface area contributed by atoms with Crippen LogP contribution in [-0.4, -0.2) is 17.4 Å². The highest BCUT2D eigenvalue weighted by molar-refractivity contribution is 5.92.